The minimum Gasteiger partial charge on any atom is -0.494 e. The molecule has 1 aliphatic heterocycles. The summed E-state index contributed by atoms with van der Waals surface area (Å²) in [5.74, 6) is -0.683. The molecule has 3 aromatic carbocycles. The molecular weight excluding hydrogens is 559 g/mol. The monoisotopic (exact) mass is 582 g/mol. The Hall–Kier alpha value is -4.18. The first-order valence-electron chi connectivity index (χ1n) is 11.7. The number of methoxy groups -OCH3 is 1. The molecule has 0 saturated carbocycles. The van der Waals surface area contributed by atoms with Crippen LogP contribution in [0.15, 0.2) is 70.7 Å². The number of carbonyl (C=O) groups excluding carboxylic acids is 3. The van der Waals surface area contributed by atoms with Crippen molar-refractivity contribution in [2.75, 3.05) is 18.6 Å². The van der Waals surface area contributed by atoms with Crippen LogP contribution in [0.2, 0.25) is 0 Å². The van der Waals surface area contributed by atoms with E-state index in [0.29, 0.717) is 39.5 Å². The van der Waals surface area contributed by atoms with Gasteiger partial charge in [-0.05, 0) is 88.1 Å². The van der Waals surface area contributed by atoms with Gasteiger partial charge in [0.25, 0.3) is 11.8 Å². The number of carbonyl (C=O) groups is 3. The smallest absolute Gasteiger partial charge is 0.335 e. The first kappa shape index (κ1) is 26.9. The van der Waals surface area contributed by atoms with Crippen LogP contribution in [0.5, 0.6) is 17.2 Å². The largest absolute Gasteiger partial charge is 0.494 e. The number of imide groups is 2. The summed E-state index contributed by atoms with van der Waals surface area (Å²) in [4.78, 5) is 39.3. The molecule has 0 unspecified atom stereocenters. The van der Waals surface area contributed by atoms with Crippen molar-refractivity contribution in [1.82, 2.24) is 5.32 Å². The Morgan fingerprint density at radius 3 is 2.47 bits per heavy atom. The molecule has 3 aromatic rings. The number of ether oxygens (including phenoxy) is 3. The molecule has 1 aliphatic rings. The number of nitrogens with one attached hydrogen (secondary N) is 1. The van der Waals surface area contributed by atoms with Gasteiger partial charge in [0, 0.05) is 0 Å². The standard InChI is InChI=1S/C28H24BrFN2O6/c1-3-11-37-21-9-7-20(8-10-21)32-27(34)22(26(33)31-28(32)35)13-18-14-23(29)25(24(15-18)36-2)38-16-17-5-4-6-19(30)12-17/h4-10,12-15H,3,11,16H2,1-2H3,(H,31,33,35)/b22-13-. The molecule has 4 amide bonds. The molecule has 10 heteroatoms. The van der Waals surface area contributed by atoms with E-state index < -0.39 is 17.8 Å². The molecule has 1 saturated heterocycles. The van der Waals surface area contributed by atoms with Gasteiger partial charge in [-0.15, -0.1) is 0 Å². The molecule has 1 fully saturated rings. The Morgan fingerprint density at radius 2 is 1.79 bits per heavy atom. The number of nitrogens with zero attached hydrogens (tertiary/aromatic N) is 1. The molecule has 1 N–H and O–H groups in total. The SMILES string of the molecule is CCCOc1ccc(N2C(=O)NC(=O)/C(=C/c3cc(Br)c(OCc4cccc(F)c4)c(OC)c3)C2=O)cc1. The number of hydrogen-bond donors (Lipinski definition) is 1. The van der Waals surface area contributed by atoms with Gasteiger partial charge in [-0.1, -0.05) is 19.1 Å². The van der Waals surface area contributed by atoms with Crippen molar-refractivity contribution in [1.29, 1.82) is 0 Å². The zero-order valence-corrected chi connectivity index (χ0v) is 22.2. The lowest BCUT2D eigenvalue weighted by Crippen LogP contribution is -2.54. The van der Waals surface area contributed by atoms with Crippen LogP contribution < -0.4 is 24.4 Å². The van der Waals surface area contributed by atoms with E-state index in [2.05, 4.69) is 21.2 Å². The van der Waals surface area contributed by atoms with Gasteiger partial charge in [0.2, 0.25) is 0 Å². The van der Waals surface area contributed by atoms with E-state index in [1.165, 1.54) is 25.3 Å². The Labute approximate surface area is 227 Å². The van der Waals surface area contributed by atoms with E-state index >= 15 is 0 Å². The lowest BCUT2D eigenvalue weighted by atomic mass is 10.1. The van der Waals surface area contributed by atoms with Crippen LogP contribution in [0.3, 0.4) is 0 Å². The first-order chi connectivity index (χ1) is 18.3. The first-order valence-corrected chi connectivity index (χ1v) is 12.5. The average molecular weight is 583 g/mol. The van der Waals surface area contributed by atoms with Crippen molar-refractivity contribution in [2.24, 2.45) is 0 Å². The molecule has 8 nitrogen and oxygen atoms in total. The number of anilines is 1. The quantitative estimate of drug-likeness (QED) is 0.259. The highest BCUT2D eigenvalue weighted by Crippen LogP contribution is 2.38. The molecule has 196 valence electrons. The fourth-order valence-corrected chi connectivity index (χ4v) is 4.29. The molecule has 38 heavy (non-hydrogen) atoms. The van der Waals surface area contributed by atoms with Crippen molar-refractivity contribution in [3.05, 3.63) is 87.7 Å². The third kappa shape index (κ3) is 6.03. The number of hydrogen-bond acceptors (Lipinski definition) is 6. The van der Waals surface area contributed by atoms with Gasteiger partial charge in [-0.3, -0.25) is 14.9 Å². The number of amides is 4. The molecular formula is C28H24BrFN2O6. The Kier molecular flexibility index (Phi) is 8.42. The van der Waals surface area contributed by atoms with Crippen molar-refractivity contribution in [3.8, 4) is 17.2 Å². The minimum atomic E-state index is -0.848. The number of urea groups is 1. The number of rotatable bonds is 9. The summed E-state index contributed by atoms with van der Waals surface area (Å²) in [6.07, 6.45) is 2.20. The van der Waals surface area contributed by atoms with Crippen LogP contribution in [0.1, 0.15) is 24.5 Å². The zero-order valence-electron chi connectivity index (χ0n) is 20.6. The third-order valence-corrected chi connectivity index (χ3v) is 6.09. The summed E-state index contributed by atoms with van der Waals surface area (Å²) in [5, 5.41) is 2.20. The number of barbiturate groups is 1. The van der Waals surface area contributed by atoms with Crippen LogP contribution in [0, 0.1) is 5.82 Å². The summed E-state index contributed by atoms with van der Waals surface area (Å²) in [6, 6.07) is 14.8. The molecule has 0 spiro atoms. The summed E-state index contributed by atoms with van der Waals surface area (Å²) in [5.41, 5.74) is 1.13. The van der Waals surface area contributed by atoms with Gasteiger partial charge in [0.15, 0.2) is 11.5 Å². The van der Waals surface area contributed by atoms with E-state index in [4.69, 9.17) is 14.2 Å². The maximum Gasteiger partial charge on any atom is 0.335 e. The number of benzene rings is 3. The van der Waals surface area contributed by atoms with E-state index in [9.17, 15) is 18.8 Å². The maximum atomic E-state index is 13.5. The van der Waals surface area contributed by atoms with Crippen LogP contribution >= 0.6 is 15.9 Å². The topological polar surface area (TPSA) is 94.2 Å². The normalized spacial score (nSPS) is 14.5. The van der Waals surface area contributed by atoms with Crippen molar-refractivity contribution in [2.45, 2.75) is 20.0 Å². The van der Waals surface area contributed by atoms with Gasteiger partial charge in [0.1, 0.15) is 23.7 Å². The summed E-state index contributed by atoms with van der Waals surface area (Å²) in [7, 11) is 1.44. The van der Waals surface area contributed by atoms with Gasteiger partial charge in [-0.2, -0.15) is 0 Å². The molecule has 0 radical (unpaired) electrons. The summed E-state index contributed by atoms with van der Waals surface area (Å²) < 4.78 is 30.8. The third-order valence-electron chi connectivity index (χ3n) is 5.50. The second-order valence-electron chi connectivity index (χ2n) is 8.25. The second-order valence-corrected chi connectivity index (χ2v) is 9.11. The fourth-order valence-electron chi connectivity index (χ4n) is 3.72. The molecule has 0 aliphatic carbocycles. The van der Waals surface area contributed by atoms with Gasteiger partial charge in [0.05, 0.1) is 23.9 Å². The Bertz CT molecular complexity index is 1410. The second kappa shape index (κ2) is 11.9. The lowest BCUT2D eigenvalue weighted by Gasteiger charge is -2.26. The van der Waals surface area contributed by atoms with Gasteiger partial charge < -0.3 is 14.2 Å². The predicted octanol–water partition coefficient (Wildman–Crippen LogP) is 5.63. The molecule has 0 aromatic heterocycles. The highest BCUT2D eigenvalue weighted by atomic mass is 79.9. The van der Waals surface area contributed by atoms with E-state index in [1.54, 1.807) is 48.5 Å². The summed E-state index contributed by atoms with van der Waals surface area (Å²) in [6.45, 7) is 2.61. The molecule has 0 bridgehead atoms. The Balaban J connectivity index is 1.59. The highest BCUT2D eigenvalue weighted by Gasteiger charge is 2.37. The van der Waals surface area contributed by atoms with Crippen molar-refractivity contribution in [3.63, 3.8) is 0 Å². The minimum absolute atomic E-state index is 0.0907. The van der Waals surface area contributed by atoms with E-state index in [-0.39, 0.29) is 23.7 Å². The lowest BCUT2D eigenvalue weighted by molar-refractivity contribution is -0.122. The van der Waals surface area contributed by atoms with Crippen LogP contribution in [0.25, 0.3) is 6.08 Å². The zero-order chi connectivity index (χ0) is 27.2. The van der Waals surface area contributed by atoms with Gasteiger partial charge in [-0.25, -0.2) is 14.1 Å². The van der Waals surface area contributed by atoms with E-state index in [0.717, 1.165) is 11.3 Å². The van der Waals surface area contributed by atoms with Gasteiger partial charge >= 0.3 is 6.03 Å². The number of halogens is 2. The van der Waals surface area contributed by atoms with Crippen LogP contribution in [-0.4, -0.2) is 31.6 Å². The van der Waals surface area contributed by atoms with E-state index in [1.807, 2.05) is 6.92 Å². The summed E-state index contributed by atoms with van der Waals surface area (Å²) >= 11 is 3.43. The highest BCUT2D eigenvalue weighted by molar-refractivity contribution is 9.10. The fraction of sp³-hybridized carbons (Fsp3) is 0.179. The van der Waals surface area contributed by atoms with Crippen LogP contribution in [0.4, 0.5) is 14.9 Å². The van der Waals surface area contributed by atoms with Crippen molar-refractivity contribution < 1.29 is 33.0 Å². The molecule has 1 heterocycles. The Morgan fingerprint density at radius 1 is 1.03 bits per heavy atom. The predicted molar refractivity (Wildman–Crippen MR) is 143 cm³/mol. The maximum absolute atomic E-state index is 13.5. The van der Waals surface area contributed by atoms with Crippen LogP contribution in [-0.2, 0) is 16.2 Å². The average Bonchev–Trinajstić information content (AvgIpc) is 2.89. The molecule has 0 atom stereocenters. The van der Waals surface area contributed by atoms with Crippen molar-refractivity contribution >= 4 is 45.5 Å². The molecule has 4 rings (SSSR count).